The minimum Gasteiger partial charge on any atom is -0.495 e. The fourth-order valence-electron chi connectivity index (χ4n) is 1.60. The Morgan fingerprint density at radius 2 is 2.00 bits per heavy atom. The summed E-state index contributed by atoms with van der Waals surface area (Å²) in [5, 5.41) is 8.49. The molecule has 0 fully saturated rings. The van der Waals surface area contributed by atoms with Crippen LogP contribution in [0, 0.1) is 11.3 Å². The fraction of sp³-hybridized carbons (Fsp3) is 0.385. The number of carbonyl (C=O) groups is 1. The molecule has 0 aromatic heterocycles. The molecule has 1 aromatic rings. The molecule has 0 radical (unpaired) electrons. The van der Waals surface area contributed by atoms with E-state index < -0.39 is 5.24 Å². The van der Waals surface area contributed by atoms with Gasteiger partial charge in [-0.05, 0) is 29.1 Å². The maximum atomic E-state index is 11.2. The van der Waals surface area contributed by atoms with Crippen molar-refractivity contribution in [1.29, 1.82) is 5.26 Å². The largest absolute Gasteiger partial charge is 0.495 e. The smallest absolute Gasteiger partial charge is 0.252 e. The fourth-order valence-corrected chi connectivity index (χ4v) is 1.71. The molecule has 0 bridgehead atoms. The van der Waals surface area contributed by atoms with Gasteiger partial charge in [0.2, 0.25) is 0 Å². The molecule has 17 heavy (non-hydrogen) atoms. The zero-order valence-corrected chi connectivity index (χ0v) is 11.1. The van der Waals surface area contributed by atoms with Gasteiger partial charge in [0.25, 0.3) is 5.24 Å². The molecule has 0 amide bonds. The second-order valence-electron chi connectivity index (χ2n) is 4.74. The van der Waals surface area contributed by atoms with E-state index in [-0.39, 0.29) is 5.41 Å². The van der Waals surface area contributed by atoms with E-state index in [1.807, 2.05) is 26.8 Å². The van der Waals surface area contributed by atoms with Crippen LogP contribution in [0.15, 0.2) is 12.1 Å². The SMILES string of the molecule is COc1c(C#N)cc(C(=O)Cl)cc1C(C)(C)C. The average Bonchev–Trinajstić information content (AvgIpc) is 2.25. The molecule has 0 aliphatic rings. The number of hydrogen-bond donors (Lipinski definition) is 0. The number of methoxy groups -OCH3 is 1. The van der Waals surface area contributed by atoms with Gasteiger partial charge in [0, 0.05) is 11.1 Å². The molecule has 90 valence electrons. The Balaban J connectivity index is 3.61. The van der Waals surface area contributed by atoms with Gasteiger partial charge in [-0.25, -0.2) is 0 Å². The lowest BCUT2D eigenvalue weighted by molar-refractivity contribution is 0.108. The van der Waals surface area contributed by atoms with Crippen LogP contribution in [0.25, 0.3) is 0 Å². The molecule has 0 aliphatic carbocycles. The van der Waals surface area contributed by atoms with Crippen LogP contribution in [0.3, 0.4) is 0 Å². The highest BCUT2D eigenvalue weighted by atomic mass is 35.5. The van der Waals surface area contributed by atoms with Gasteiger partial charge in [0.15, 0.2) is 0 Å². The monoisotopic (exact) mass is 251 g/mol. The Labute approximate surface area is 106 Å². The highest BCUT2D eigenvalue weighted by Crippen LogP contribution is 2.35. The van der Waals surface area contributed by atoms with E-state index in [1.54, 1.807) is 6.07 Å². The third-order valence-corrected chi connectivity index (χ3v) is 2.67. The molecule has 0 unspecified atom stereocenters. The summed E-state index contributed by atoms with van der Waals surface area (Å²) >= 11 is 5.46. The molecule has 3 nitrogen and oxygen atoms in total. The molecule has 1 rings (SSSR count). The number of benzene rings is 1. The quantitative estimate of drug-likeness (QED) is 0.758. The van der Waals surface area contributed by atoms with Crippen molar-refractivity contribution in [2.75, 3.05) is 7.11 Å². The molecule has 0 spiro atoms. The van der Waals surface area contributed by atoms with Crippen LogP contribution < -0.4 is 4.74 Å². The van der Waals surface area contributed by atoms with E-state index in [4.69, 9.17) is 21.6 Å². The molecule has 1 aromatic carbocycles. The number of ether oxygens (including phenoxy) is 1. The van der Waals surface area contributed by atoms with Gasteiger partial charge < -0.3 is 4.74 Å². The van der Waals surface area contributed by atoms with Gasteiger partial charge in [-0.1, -0.05) is 20.8 Å². The van der Waals surface area contributed by atoms with Crippen molar-refractivity contribution < 1.29 is 9.53 Å². The predicted octanol–water partition coefficient (Wildman–Crippen LogP) is 3.24. The van der Waals surface area contributed by atoms with Crippen LogP contribution in [0.4, 0.5) is 0 Å². The Bertz CT molecular complexity index is 495. The van der Waals surface area contributed by atoms with Crippen LogP contribution >= 0.6 is 11.6 Å². The van der Waals surface area contributed by atoms with Crippen LogP contribution in [0.2, 0.25) is 0 Å². The van der Waals surface area contributed by atoms with Crippen molar-refractivity contribution in [3.63, 3.8) is 0 Å². The van der Waals surface area contributed by atoms with Gasteiger partial charge in [0.05, 0.1) is 12.7 Å². The third-order valence-electron chi connectivity index (χ3n) is 2.45. The molecular weight excluding hydrogens is 238 g/mol. The van der Waals surface area contributed by atoms with E-state index in [1.165, 1.54) is 13.2 Å². The first kappa shape index (κ1) is 13.5. The third kappa shape index (κ3) is 2.78. The molecule has 0 heterocycles. The molecule has 0 N–H and O–H groups in total. The summed E-state index contributed by atoms with van der Waals surface area (Å²) in [6.07, 6.45) is 0. The summed E-state index contributed by atoms with van der Waals surface area (Å²) in [7, 11) is 1.51. The molecule has 0 aliphatic heterocycles. The van der Waals surface area contributed by atoms with E-state index in [9.17, 15) is 4.79 Å². The molecule has 0 saturated carbocycles. The number of nitriles is 1. The molecule has 0 atom stereocenters. The number of rotatable bonds is 2. The van der Waals surface area contributed by atoms with Gasteiger partial charge in [-0.3, -0.25) is 4.79 Å². The maximum Gasteiger partial charge on any atom is 0.252 e. The van der Waals surface area contributed by atoms with E-state index >= 15 is 0 Å². The topological polar surface area (TPSA) is 50.1 Å². The zero-order valence-electron chi connectivity index (χ0n) is 10.3. The highest BCUT2D eigenvalue weighted by molar-refractivity contribution is 6.67. The van der Waals surface area contributed by atoms with Crippen molar-refractivity contribution in [2.45, 2.75) is 26.2 Å². The lowest BCUT2D eigenvalue weighted by atomic mass is 9.84. The van der Waals surface area contributed by atoms with Gasteiger partial charge in [-0.2, -0.15) is 5.26 Å². The number of nitrogens with zero attached hydrogens (tertiary/aromatic N) is 1. The minimum atomic E-state index is -0.574. The van der Waals surface area contributed by atoms with Crippen molar-refractivity contribution in [1.82, 2.24) is 0 Å². The van der Waals surface area contributed by atoms with Crippen LogP contribution in [0.1, 0.15) is 42.3 Å². The zero-order chi connectivity index (χ0) is 13.2. The van der Waals surface area contributed by atoms with Crippen LogP contribution in [0.5, 0.6) is 5.75 Å². The summed E-state index contributed by atoms with van der Waals surface area (Å²) in [5.74, 6) is 0.502. The Morgan fingerprint density at radius 3 is 2.35 bits per heavy atom. The lowest BCUT2D eigenvalue weighted by Crippen LogP contribution is -2.14. The van der Waals surface area contributed by atoms with Gasteiger partial charge >= 0.3 is 0 Å². The van der Waals surface area contributed by atoms with E-state index in [0.717, 1.165) is 5.56 Å². The maximum absolute atomic E-state index is 11.2. The van der Waals surface area contributed by atoms with Crippen LogP contribution in [-0.4, -0.2) is 12.4 Å². The standard InChI is InChI=1S/C13H14ClNO2/c1-13(2,3)10-6-8(12(14)16)5-9(7-15)11(10)17-4/h5-6H,1-4H3. The Kier molecular flexibility index (Phi) is 3.79. The molecular formula is C13H14ClNO2. The average molecular weight is 252 g/mol. The Hall–Kier alpha value is -1.53. The normalized spacial score (nSPS) is 10.8. The summed E-state index contributed by atoms with van der Waals surface area (Å²) in [5.41, 5.74) is 1.19. The first-order valence-corrected chi connectivity index (χ1v) is 5.51. The summed E-state index contributed by atoms with van der Waals surface area (Å²) in [4.78, 5) is 11.2. The van der Waals surface area contributed by atoms with Crippen molar-refractivity contribution in [2.24, 2.45) is 0 Å². The molecule has 4 heteroatoms. The number of halogens is 1. The summed E-state index contributed by atoms with van der Waals surface area (Å²) < 4.78 is 5.25. The molecule has 0 saturated heterocycles. The first-order chi connectivity index (χ1) is 7.81. The lowest BCUT2D eigenvalue weighted by Gasteiger charge is -2.23. The number of hydrogen-bond acceptors (Lipinski definition) is 3. The summed E-state index contributed by atoms with van der Waals surface area (Å²) in [6.45, 7) is 5.94. The summed E-state index contributed by atoms with van der Waals surface area (Å²) in [6, 6.07) is 5.14. The highest BCUT2D eigenvalue weighted by Gasteiger charge is 2.23. The van der Waals surface area contributed by atoms with Crippen molar-refractivity contribution in [3.05, 3.63) is 28.8 Å². The minimum absolute atomic E-state index is 0.237. The van der Waals surface area contributed by atoms with Crippen molar-refractivity contribution >= 4 is 16.8 Å². The van der Waals surface area contributed by atoms with Crippen molar-refractivity contribution in [3.8, 4) is 11.8 Å². The van der Waals surface area contributed by atoms with Gasteiger partial charge in [0.1, 0.15) is 11.8 Å². The van der Waals surface area contributed by atoms with Crippen LogP contribution in [-0.2, 0) is 5.41 Å². The number of carbonyl (C=O) groups excluding carboxylic acids is 1. The second-order valence-corrected chi connectivity index (χ2v) is 5.08. The first-order valence-electron chi connectivity index (χ1n) is 5.13. The second kappa shape index (κ2) is 4.77. The van der Waals surface area contributed by atoms with E-state index in [2.05, 4.69) is 0 Å². The predicted molar refractivity (Wildman–Crippen MR) is 66.6 cm³/mol. The Morgan fingerprint density at radius 1 is 1.41 bits per heavy atom. The van der Waals surface area contributed by atoms with E-state index in [0.29, 0.717) is 16.9 Å². The van der Waals surface area contributed by atoms with Gasteiger partial charge in [-0.15, -0.1) is 0 Å².